The van der Waals surface area contributed by atoms with Crippen molar-refractivity contribution in [1.29, 1.82) is 0 Å². The van der Waals surface area contributed by atoms with Gasteiger partial charge in [0.2, 0.25) is 17.7 Å². The fourth-order valence-electron chi connectivity index (χ4n) is 3.93. The molecule has 1 unspecified atom stereocenters. The maximum absolute atomic E-state index is 13.3. The molecule has 1 N–H and O–H groups in total. The first-order valence-corrected chi connectivity index (χ1v) is 11.1. The van der Waals surface area contributed by atoms with E-state index in [0.717, 1.165) is 18.7 Å². The number of nitrogens with one attached hydrogen (secondary N) is 1. The molecule has 0 spiro atoms. The Morgan fingerprint density at radius 2 is 1.55 bits per heavy atom. The van der Waals surface area contributed by atoms with Crippen molar-refractivity contribution < 1.29 is 19.1 Å². The average Bonchev–Trinajstić information content (AvgIpc) is 2.78. The number of rotatable bonds is 7. The molecule has 31 heavy (non-hydrogen) atoms. The van der Waals surface area contributed by atoms with Crippen LogP contribution in [-0.2, 0) is 19.1 Å². The summed E-state index contributed by atoms with van der Waals surface area (Å²) < 4.78 is 5.33. The summed E-state index contributed by atoms with van der Waals surface area (Å²) in [6.45, 7) is 9.20. The normalized spacial score (nSPS) is 18.7. The number of piperazine rings is 1. The van der Waals surface area contributed by atoms with Crippen LogP contribution in [0.15, 0.2) is 30.3 Å². The summed E-state index contributed by atoms with van der Waals surface area (Å²) in [5.74, 6) is 0.0616. The van der Waals surface area contributed by atoms with Crippen LogP contribution >= 0.6 is 0 Å². The Hall–Kier alpha value is -2.45. The summed E-state index contributed by atoms with van der Waals surface area (Å²) >= 11 is 0. The predicted molar refractivity (Wildman–Crippen MR) is 117 cm³/mol. The Morgan fingerprint density at radius 3 is 2.16 bits per heavy atom. The van der Waals surface area contributed by atoms with Gasteiger partial charge in [-0.25, -0.2) is 0 Å². The van der Waals surface area contributed by atoms with Gasteiger partial charge in [-0.1, -0.05) is 44.2 Å². The lowest BCUT2D eigenvalue weighted by molar-refractivity contribution is -0.143. The van der Waals surface area contributed by atoms with Crippen molar-refractivity contribution in [2.45, 2.75) is 26.3 Å². The van der Waals surface area contributed by atoms with Gasteiger partial charge in [0, 0.05) is 45.7 Å². The van der Waals surface area contributed by atoms with Gasteiger partial charge in [0.05, 0.1) is 19.8 Å². The fourth-order valence-corrected chi connectivity index (χ4v) is 3.93. The third-order valence-electron chi connectivity index (χ3n) is 5.69. The second-order valence-corrected chi connectivity index (χ2v) is 8.60. The van der Waals surface area contributed by atoms with Crippen LogP contribution in [0.1, 0.15) is 31.9 Å². The molecule has 0 bridgehead atoms. The molecule has 170 valence electrons. The number of morpholine rings is 1. The molecular formula is C23H34N4O4. The van der Waals surface area contributed by atoms with Gasteiger partial charge in [0.1, 0.15) is 6.04 Å². The van der Waals surface area contributed by atoms with Crippen molar-refractivity contribution in [1.82, 2.24) is 20.0 Å². The maximum atomic E-state index is 13.3. The lowest BCUT2D eigenvalue weighted by atomic mass is 10.0. The first-order chi connectivity index (χ1) is 14.9. The van der Waals surface area contributed by atoms with E-state index in [-0.39, 0.29) is 23.6 Å². The van der Waals surface area contributed by atoms with Crippen LogP contribution in [0.5, 0.6) is 0 Å². The molecule has 1 aromatic rings. The Kier molecular flexibility index (Phi) is 8.43. The zero-order valence-electron chi connectivity index (χ0n) is 18.6. The lowest BCUT2D eigenvalue weighted by Crippen LogP contribution is -2.55. The lowest BCUT2D eigenvalue weighted by Gasteiger charge is -2.37. The molecule has 0 aromatic heterocycles. The molecule has 8 heteroatoms. The molecule has 2 saturated heterocycles. The van der Waals surface area contributed by atoms with E-state index < -0.39 is 6.04 Å². The number of nitrogens with zero attached hydrogens (tertiary/aromatic N) is 3. The van der Waals surface area contributed by atoms with Gasteiger partial charge < -0.3 is 19.9 Å². The SMILES string of the molecule is CC(C)CC(=O)NC(C(=O)N1CCN(C(=O)CN2CCOCC2)CC1)c1ccccc1. The van der Waals surface area contributed by atoms with Crippen molar-refractivity contribution >= 4 is 17.7 Å². The van der Waals surface area contributed by atoms with Crippen LogP contribution in [0.25, 0.3) is 0 Å². The molecular weight excluding hydrogens is 396 g/mol. The quantitative estimate of drug-likeness (QED) is 0.695. The monoisotopic (exact) mass is 430 g/mol. The van der Waals surface area contributed by atoms with Crippen LogP contribution in [-0.4, -0.2) is 91.4 Å². The molecule has 1 aromatic carbocycles. The van der Waals surface area contributed by atoms with Crippen molar-refractivity contribution in [2.24, 2.45) is 5.92 Å². The topological polar surface area (TPSA) is 82.2 Å². The van der Waals surface area contributed by atoms with Crippen LogP contribution in [0.2, 0.25) is 0 Å². The Bertz CT molecular complexity index is 741. The molecule has 2 aliphatic rings. The van der Waals surface area contributed by atoms with Gasteiger partial charge in [-0.2, -0.15) is 0 Å². The van der Waals surface area contributed by atoms with E-state index in [1.54, 1.807) is 4.90 Å². The minimum atomic E-state index is -0.706. The minimum absolute atomic E-state index is 0.0962. The van der Waals surface area contributed by atoms with E-state index in [9.17, 15) is 14.4 Å². The highest BCUT2D eigenvalue weighted by molar-refractivity contribution is 5.89. The van der Waals surface area contributed by atoms with E-state index >= 15 is 0 Å². The summed E-state index contributed by atoms with van der Waals surface area (Å²) in [4.78, 5) is 44.0. The molecule has 3 amide bonds. The Morgan fingerprint density at radius 1 is 0.935 bits per heavy atom. The van der Waals surface area contributed by atoms with Gasteiger partial charge >= 0.3 is 0 Å². The van der Waals surface area contributed by atoms with Crippen molar-refractivity contribution in [2.75, 3.05) is 59.0 Å². The van der Waals surface area contributed by atoms with E-state index in [0.29, 0.717) is 52.4 Å². The van der Waals surface area contributed by atoms with Crippen LogP contribution in [0.3, 0.4) is 0 Å². The van der Waals surface area contributed by atoms with Crippen LogP contribution < -0.4 is 5.32 Å². The van der Waals surface area contributed by atoms with Gasteiger partial charge in [-0.15, -0.1) is 0 Å². The Labute approximate surface area is 184 Å². The van der Waals surface area contributed by atoms with Crippen molar-refractivity contribution in [3.63, 3.8) is 0 Å². The maximum Gasteiger partial charge on any atom is 0.249 e. The van der Waals surface area contributed by atoms with E-state index in [4.69, 9.17) is 4.74 Å². The highest BCUT2D eigenvalue weighted by Crippen LogP contribution is 2.18. The zero-order chi connectivity index (χ0) is 22.2. The van der Waals surface area contributed by atoms with Crippen molar-refractivity contribution in [3.05, 3.63) is 35.9 Å². The van der Waals surface area contributed by atoms with Gasteiger partial charge in [0.15, 0.2) is 0 Å². The summed E-state index contributed by atoms with van der Waals surface area (Å²) in [6.07, 6.45) is 0.375. The number of carbonyl (C=O) groups is 3. The number of hydrogen-bond donors (Lipinski definition) is 1. The standard InChI is InChI=1S/C23H34N4O4/c1-18(2)16-20(28)24-22(19-6-4-3-5-7-19)23(30)27-10-8-26(9-11-27)21(29)17-25-12-14-31-15-13-25/h3-7,18,22H,8-17H2,1-2H3,(H,24,28). The van der Waals surface area contributed by atoms with E-state index in [1.165, 1.54) is 0 Å². The van der Waals surface area contributed by atoms with E-state index in [1.807, 2.05) is 49.1 Å². The molecule has 1 atom stereocenters. The van der Waals surface area contributed by atoms with Gasteiger partial charge in [0.25, 0.3) is 0 Å². The van der Waals surface area contributed by atoms with Gasteiger partial charge in [-0.05, 0) is 11.5 Å². The number of hydrogen-bond acceptors (Lipinski definition) is 5. The van der Waals surface area contributed by atoms with Crippen LogP contribution in [0, 0.1) is 5.92 Å². The Balaban J connectivity index is 1.58. The fraction of sp³-hybridized carbons (Fsp3) is 0.609. The average molecular weight is 431 g/mol. The molecule has 8 nitrogen and oxygen atoms in total. The molecule has 0 radical (unpaired) electrons. The first-order valence-electron chi connectivity index (χ1n) is 11.1. The third-order valence-corrected chi connectivity index (χ3v) is 5.69. The molecule has 0 aliphatic carbocycles. The second kappa shape index (κ2) is 11.2. The zero-order valence-corrected chi connectivity index (χ0v) is 18.6. The smallest absolute Gasteiger partial charge is 0.249 e. The highest BCUT2D eigenvalue weighted by Gasteiger charge is 2.31. The second-order valence-electron chi connectivity index (χ2n) is 8.60. The summed E-state index contributed by atoms with van der Waals surface area (Å²) in [5.41, 5.74) is 0.774. The highest BCUT2D eigenvalue weighted by atomic mass is 16.5. The number of amides is 3. The van der Waals surface area contributed by atoms with Crippen LogP contribution in [0.4, 0.5) is 0 Å². The predicted octanol–water partition coefficient (Wildman–Crippen LogP) is 0.893. The van der Waals surface area contributed by atoms with Crippen molar-refractivity contribution in [3.8, 4) is 0 Å². The summed E-state index contributed by atoms with van der Waals surface area (Å²) in [6, 6.07) is 8.64. The molecule has 0 saturated carbocycles. The molecule has 3 rings (SSSR count). The number of benzene rings is 1. The largest absolute Gasteiger partial charge is 0.379 e. The summed E-state index contributed by atoms with van der Waals surface area (Å²) in [5, 5.41) is 2.92. The third kappa shape index (κ3) is 6.77. The number of ether oxygens (including phenoxy) is 1. The van der Waals surface area contributed by atoms with Gasteiger partial charge in [-0.3, -0.25) is 19.3 Å². The first kappa shape index (κ1) is 23.2. The number of carbonyl (C=O) groups excluding carboxylic acids is 3. The molecule has 2 heterocycles. The molecule has 2 fully saturated rings. The minimum Gasteiger partial charge on any atom is -0.379 e. The molecule has 2 aliphatic heterocycles. The van der Waals surface area contributed by atoms with E-state index in [2.05, 4.69) is 10.2 Å². The summed E-state index contributed by atoms with van der Waals surface area (Å²) in [7, 11) is 0.